The van der Waals surface area contributed by atoms with E-state index in [0.29, 0.717) is 12.0 Å². The fraction of sp³-hybridized carbons (Fsp3) is 0.600. The lowest BCUT2D eigenvalue weighted by atomic mass is 9.92. The fourth-order valence-electron chi connectivity index (χ4n) is 3.04. The van der Waals surface area contributed by atoms with E-state index in [1.165, 1.54) is 30.4 Å². The van der Waals surface area contributed by atoms with E-state index in [9.17, 15) is 0 Å². The van der Waals surface area contributed by atoms with Crippen molar-refractivity contribution in [2.24, 2.45) is 5.73 Å². The second-order valence-corrected chi connectivity index (χ2v) is 5.28. The molecular weight excluding hydrogens is 208 g/mol. The first-order chi connectivity index (χ1) is 8.22. The molecule has 0 heterocycles. The standard InChI is InChI=1S/C15H24N2/c1-12-6-8-13(9-7-12)14-4-3-5-15(14)17(2)11-10-16/h6-9,14-15H,3-5,10-11,16H2,1-2H3. The topological polar surface area (TPSA) is 29.3 Å². The van der Waals surface area contributed by atoms with Crippen LogP contribution in [0.15, 0.2) is 24.3 Å². The smallest absolute Gasteiger partial charge is 0.0161 e. The van der Waals surface area contributed by atoms with Gasteiger partial charge < -0.3 is 10.6 Å². The van der Waals surface area contributed by atoms with Crippen LogP contribution in [0.3, 0.4) is 0 Å². The molecule has 1 fully saturated rings. The van der Waals surface area contributed by atoms with Gasteiger partial charge in [0.1, 0.15) is 0 Å². The summed E-state index contributed by atoms with van der Waals surface area (Å²) in [7, 11) is 2.21. The zero-order valence-electron chi connectivity index (χ0n) is 11.0. The number of hydrogen-bond acceptors (Lipinski definition) is 2. The van der Waals surface area contributed by atoms with Gasteiger partial charge in [-0.2, -0.15) is 0 Å². The van der Waals surface area contributed by atoms with Crippen LogP contribution < -0.4 is 5.73 Å². The first-order valence-corrected chi connectivity index (χ1v) is 6.69. The molecule has 0 aliphatic heterocycles. The number of nitrogens with zero attached hydrogens (tertiary/aromatic N) is 1. The predicted octanol–water partition coefficient (Wildman–Crippen LogP) is 2.52. The molecule has 0 aromatic heterocycles. The Balaban J connectivity index is 2.11. The molecule has 0 bridgehead atoms. The van der Waals surface area contributed by atoms with E-state index in [1.54, 1.807) is 0 Å². The number of likely N-dealkylation sites (N-methyl/N-ethyl adjacent to an activating group) is 1. The SMILES string of the molecule is Cc1ccc(C2CCCC2N(C)CCN)cc1. The molecule has 2 unspecified atom stereocenters. The largest absolute Gasteiger partial charge is 0.329 e. The highest BCUT2D eigenvalue weighted by molar-refractivity contribution is 5.26. The molecule has 1 aromatic carbocycles. The van der Waals surface area contributed by atoms with E-state index in [0.717, 1.165) is 13.1 Å². The highest BCUT2D eigenvalue weighted by Gasteiger charge is 2.30. The predicted molar refractivity (Wildman–Crippen MR) is 73.2 cm³/mol. The van der Waals surface area contributed by atoms with Crippen LogP contribution >= 0.6 is 0 Å². The van der Waals surface area contributed by atoms with Crippen molar-refractivity contribution in [3.05, 3.63) is 35.4 Å². The summed E-state index contributed by atoms with van der Waals surface area (Å²) in [4.78, 5) is 2.44. The van der Waals surface area contributed by atoms with Crippen molar-refractivity contribution in [3.8, 4) is 0 Å². The van der Waals surface area contributed by atoms with Crippen LogP contribution in [-0.4, -0.2) is 31.1 Å². The monoisotopic (exact) mass is 232 g/mol. The molecule has 0 saturated heterocycles. The Morgan fingerprint density at radius 2 is 1.94 bits per heavy atom. The Hall–Kier alpha value is -0.860. The summed E-state index contributed by atoms with van der Waals surface area (Å²) in [6.45, 7) is 3.91. The van der Waals surface area contributed by atoms with Crippen LogP contribution in [0.1, 0.15) is 36.3 Å². The summed E-state index contributed by atoms with van der Waals surface area (Å²) in [6, 6.07) is 9.74. The van der Waals surface area contributed by atoms with Crippen LogP contribution in [0, 0.1) is 6.92 Å². The highest BCUT2D eigenvalue weighted by atomic mass is 15.1. The fourth-order valence-corrected chi connectivity index (χ4v) is 3.04. The van der Waals surface area contributed by atoms with Crippen LogP contribution in [0.4, 0.5) is 0 Å². The van der Waals surface area contributed by atoms with E-state index in [2.05, 4.69) is 43.1 Å². The van der Waals surface area contributed by atoms with Crippen molar-refractivity contribution >= 4 is 0 Å². The van der Waals surface area contributed by atoms with Crippen LogP contribution in [0.2, 0.25) is 0 Å². The molecule has 94 valence electrons. The zero-order chi connectivity index (χ0) is 12.3. The van der Waals surface area contributed by atoms with Gasteiger partial charge in [-0.25, -0.2) is 0 Å². The average molecular weight is 232 g/mol. The van der Waals surface area contributed by atoms with E-state index in [4.69, 9.17) is 5.73 Å². The molecular formula is C15H24N2. The lowest BCUT2D eigenvalue weighted by Crippen LogP contribution is -2.37. The Labute approximate surface area is 105 Å². The molecule has 0 spiro atoms. The summed E-state index contributed by atoms with van der Waals surface area (Å²) in [5, 5.41) is 0. The Bertz CT molecular complexity index is 344. The molecule has 1 aliphatic carbocycles. The lowest BCUT2D eigenvalue weighted by molar-refractivity contribution is 0.233. The van der Waals surface area contributed by atoms with Gasteiger partial charge in [-0.05, 0) is 38.3 Å². The first kappa shape index (κ1) is 12.6. The molecule has 2 atom stereocenters. The summed E-state index contributed by atoms with van der Waals surface area (Å²) in [5.41, 5.74) is 8.51. The minimum absolute atomic E-state index is 0.682. The van der Waals surface area contributed by atoms with Crippen LogP contribution in [-0.2, 0) is 0 Å². The normalized spacial score (nSPS) is 24.5. The molecule has 0 amide bonds. The summed E-state index contributed by atoms with van der Waals surface area (Å²) >= 11 is 0. The van der Waals surface area contributed by atoms with Crippen molar-refractivity contribution < 1.29 is 0 Å². The van der Waals surface area contributed by atoms with Gasteiger partial charge >= 0.3 is 0 Å². The third-order valence-electron chi connectivity index (χ3n) is 4.03. The number of rotatable bonds is 4. The van der Waals surface area contributed by atoms with Crippen molar-refractivity contribution in [2.75, 3.05) is 20.1 Å². The number of benzene rings is 1. The minimum Gasteiger partial charge on any atom is -0.329 e. The molecule has 1 aliphatic rings. The molecule has 2 nitrogen and oxygen atoms in total. The minimum atomic E-state index is 0.682. The highest BCUT2D eigenvalue weighted by Crippen LogP contribution is 2.37. The molecule has 17 heavy (non-hydrogen) atoms. The van der Waals surface area contributed by atoms with Crippen molar-refractivity contribution in [2.45, 2.75) is 38.1 Å². The van der Waals surface area contributed by atoms with Gasteiger partial charge in [0.15, 0.2) is 0 Å². The third kappa shape index (κ3) is 2.88. The van der Waals surface area contributed by atoms with E-state index >= 15 is 0 Å². The summed E-state index contributed by atoms with van der Waals surface area (Å²) < 4.78 is 0. The average Bonchev–Trinajstić information content (AvgIpc) is 2.79. The molecule has 1 saturated carbocycles. The maximum Gasteiger partial charge on any atom is 0.0161 e. The maximum atomic E-state index is 5.66. The van der Waals surface area contributed by atoms with Crippen LogP contribution in [0.5, 0.6) is 0 Å². The van der Waals surface area contributed by atoms with Crippen molar-refractivity contribution in [1.29, 1.82) is 0 Å². The first-order valence-electron chi connectivity index (χ1n) is 6.69. The summed E-state index contributed by atoms with van der Waals surface area (Å²) in [6.07, 6.45) is 3.98. The summed E-state index contributed by atoms with van der Waals surface area (Å²) in [5.74, 6) is 0.701. The Morgan fingerprint density at radius 3 is 2.59 bits per heavy atom. The van der Waals surface area contributed by atoms with Gasteiger partial charge in [-0.15, -0.1) is 0 Å². The van der Waals surface area contributed by atoms with E-state index in [1.807, 2.05) is 0 Å². The quantitative estimate of drug-likeness (QED) is 0.864. The number of nitrogens with two attached hydrogens (primary N) is 1. The van der Waals surface area contributed by atoms with E-state index < -0.39 is 0 Å². The van der Waals surface area contributed by atoms with Gasteiger partial charge in [0.25, 0.3) is 0 Å². The Kier molecular flexibility index (Phi) is 4.19. The second-order valence-electron chi connectivity index (χ2n) is 5.28. The number of hydrogen-bond donors (Lipinski definition) is 1. The Morgan fingerprint density at radius 1 is 1.24 bits per heavy atom. The molecule has 2 rings (SSSR count). The van der Waals surface area contributed by atoms with Crippen molar-refractivity contribution in [3.63, 3.8) is 0 Å². The molecule has 1 aromatic rings. The van der Waals surface area contributed by atoms with Crippen LogP contribution in [0.25, 0.3) is 0 Å². The molecule has 2 N–H and O–H groups in total. The van der Waals surface area contributed by atoms with Gasteiger partial charge in [-0.1, -0.05) is 36.2 Å². The number of aryl methyl sites for hydroxylation is 1. The molecule has 2 heteroatoms. The maximum absolute atomic E-state index is 5.66. The van der Waals surface area contributed by atoms with Crippen molar-refractivity contribution in [1.82, 2.24) is 4.90 Å². The van der Waals surface area contributed by atoms with Gasteiger partial charge in [0.2, 0.25) is 0 Å². The zero-order valence-corrected chi connectivity index (χ0v) is 11.0. The van der Waals surface area contributed by atoms with Gasteiger partial charge in [0, 0.05) is 19.1 Å². The van der Waals surface area contributed by atoms with Gasteiger partial charge in [0.05, 0.1) is 0 Å². The molecule has 0 radical (unpaired) electrons. The third-order valence-corrected chi connectivity index (χ3v) is 4.03. The van der Waals surface area contributed by atoms with E-state index in [-0.39, 0.29) is 0 Å². The second kappa shape index (κ2) is 5.65. The van der Waals surface area contributed by atoms with Gasteiger partial charge in [-0.3, -0.25) is 0 Å². The lowest BCUT2D eigenvalue weighted by Gasteiger charge is -2.29.